The first-order valence-corrected chi connectivity index (χ1v) is 9.19. The van der Waals surface area contributed by atoms with E-state index in [2.05, 4.69) is 10.6 Å². The minimum atomic E-state index is -1.04. The van der Waals surface area contributed by atoms with E-state index in [-0.39, 0.29) is 18.1 Å². The lowest BCUT2D eigenvalue weighted by Gasteiger charge is -2.19. The molecule has 2 N–H and O–H groups in total. The fourth-order valence-corrected chi connectivity index (χ4v) is 2.71. The normalized spacial score (nSPS) is 12.4. The number of nitrogens with one attached hydrogen (secondary N) is 2. The minimum absolute atomic E-state index is 0.110. The first-order chi connectivity index (χ1) is 13.8. The predicted octanol–water partition coefficient (Wildman–Crippen LogP) is 3.03. The van der Waals surface area contributed by atoms with Gasteiger partial charge in [-0.2, -0.15) is 0 Å². The van der Waals surface area contributed by atoms with Crippen LogP contribution in [0.5, 0.6) is 0 Å². The summed E-state index contributed by atoms with van der Waals surface area (Å²) >= 11 is 0. The lowest BCUT2D eigenvalue weighted by atomic mass is 10.0. The summed E-state index contributed by atoms with van der Waals surface area (Å²) in [7, 11) is 0. The van der Waals surface area contributed by atoms with Gasteiger partial charge in [-0.1, -0.05) is 42.5 Å². The molecule has 0 spiro atoms. The Kier molecular flexibility index (Phi) is 7.65. The van der Waals surface area contributed by atoms with Crippen LogP contribution in [0.1, 0.15) is 49.2 Å². The number of hydrogen-bond acceptors (Lipinski definition) is 5. The standard InChI is InChI=1S/C22H24N2O5/c1-14(25)18-10-7-11-19(12-18)24-22(28)15(2)29-21(27)13-20(23-16(3)26)17-8-5-4-6-9-17/h4-12,15,20H,13H2,1-3H3,(H,23,26)(H,24,28)/t15-,20+/m1/s1. The van der Waals surface area contributed by atoms with Crippen LogP contribution >= 0.6 is 0 Å². The first-order valence-electron chi connectivity index (χ1n) is 9.19. The number of carbonyl (C=O) groups excluding carboxylic acids is 4. The van der Waals surface area contributed by atoms with E-state index in [1.807, 2.05) is 6.07 Å². The smallest absolute Gasteiger partial charge is 0.309 e. The Morgan fingerprint density at radius 3 is 2.28 bits per heavy atom. The molecule has 29 heavy (non-hydrogen) atoms. The van der Waals surface area contributed by atoms with Crippen molar-refractivity contribution < 1.29 is 23.9 Å². The van der Waals surface area contributed by atoms with Gasteiger partial charge < -0.3 is 15.4 Å². The first kappa shape index (κ1) is 21.8. The highest BCUT2D eigenvalue weighted by molar-refractivity contribution is 5.98. The summed E-state index contributed by atoms with van der Waals surface area (Å²) in [4.78, 5) is 47.6. The zero-order valence-corrected chi connectivity index (χ0v) is 16.6. The quantitative estimate of drug-likeness (QED) is 0.528. The van der Waals surface area contributed by atoms with Gasteiger partial charge in [0.05, 0.1) is 12.5 Å². The van der Waals surface area contributed by atoms with Gasteiger partial charge in [0.2, 0.25) is 5.91 Å². The number of carbonyl (C=O) groups is 4. The molecule has 0 fully saturated rings. The second kappa shape index (κ2) is 10.2. The average molecular weight is 396 g/mol. The maximum absolute atomic E-state index is 12.3. The van der Waals surface area contributed by atoms with Crippen molar-refractivity contribution in [2.24, 2.45) is 0 Å². The molecule has 2 rings (SSSR count). The van der Waals surface area contributed by atoms with Crippen molar-refractivity contribution >= 4 is 29.3 Å². The zero-order valence-electron chi connectivity index (χ0n) is 16.6. The van der Waals surface area contributed by atoms with E-state index in [9.17, 15) is 19.2 Å². The molecule has 2 aromatic carbocycles. The molecule has 0 aliphatic carbocycles. The summed E-state index contributed by atoms with van der Waals surface area (Å²) in [5.41, 5.74) is 1.66. The van der Waals surface area contributed by atoms with E-state index in [4.69, 9.17) is 4.74 Å². The highest BCUT2D eigenvalue weighted by Gasteiger charge is 2.22. The summed E-state index contributed by atoms with van der Waals surface area (Å²) in [5.74, 6) is -1.53. The Bertz CT molecular complexity index is 895. The van der Waals surface area contributed by atoms with Gasteiger partial charge in [-0.3, -0.25) is 19.2 Å². The van der Waals surface area contributed by atoms with Gasteiger partial charge in [-0.25, -0.2) is 0 Å². The second-order valence-corrected chi connectivity index (χ2v) is 6.63. The van der Waals surface area contributed by atoms with Crippen molar-refractivity contribution in [3.05, 3.63) is 65.7 Å². The maximum Gasteiger partial charge on any atom is 0.309 e. The molecule has 0 radical (unpaired) electrons. The van der Waals surface area contributed by atoms with Crippen LogP contribution in [-0.2, 0) is 19.1 Å². The molecule has 0 saturated heterocycles. The minimum Gasteiger partial charge on any atom is -0.452 e. The predicted molar refractivity (Wildman–Crippen MR) is 108 cm³/mol. The van der Waals surface area contributed by atoms with Gasteiger partial charge in [-0.15, -0.1) is 0 Å². The summed E-state index contributed by atoms with van der Waals surface area (Å²) in [6.07, 6.45) is -1.15. The zero-order chi connectivity index (χ0) is 21.4. The summed E-state index contributed by atoms with van der Waals surface area (Å²) in [6.45, 7) is 4.26. The van der Waals surface area contributed by atoms with E-state index in [1.165, 1.54) is 20.8 Å². The van der Waals surface area contributed by atoms with E-state index in [0.717, 1.165) is 5.56 Å². The van der Waals surface area contributed by atoms with Crippen LogP contribution in [0.3, 0.4) is 0 Å². The van der Waals surface area contributed by atoms with E-state index in [1.54, 1.807) is 48.5 Å². The Balaban J connectivity index is 1.97. The van der Waals surface area contributed by atoms with Crippen LogP contribution in [0.2, 0.25) is 0 Å². The molecule has 0 aromatic heterocycles. The van der Waals surface area contributed by atoms with Crippen molar-refractivity contribution in [1.82, 2.24) is 5.32 Å². The number of benzene rings is 2. The third kappa shape index (κ3) is 6.88. The van der Waals surface area contributed by atoms with Crippen molar-refractivity contribution in [1.29, 1.82) is 0 Å². The number of Topliss-reactive ketones (excluding diaryl/α,β-unsaturated/α-hetero) is 1. The molecule has 0 aliphatic heterocycles. The number of rotatable bonds is 8. The molecule has 2 amide bonds. The van der Waals surface area contributed by atoms with Gasteiger partial charge >= 0.3 is 5.97 Å². The number of ether oxygens (including phenoxy) is 1. The number of ketones is 1. The molecule has 0 aliphatic rings. The van der Waals surface area contributed by atoms with Gasteiger partial charge in [0, 0.05) is 18.2 Å². The Morgan fingerprint density at radius 1 is 0.966 bits per heavy atom. The molecule has 0 unspecified atom stereocenters. The van der Waals surface area contributed by atoms with Crippen molar-refractivity contribution in [3.63, 3.8) is 0 Å². The second-order valence-electron chi connectivity index (χ2n) is 6.63. The Labute approximate surface area is 169 Å². The van der Waals surface area contributed by atoms with Crippen LogP contribution in [0.4, 0.5) is 5.69 Å². The SMILES string of the molecule is CC(=O)N[C@@H](CC(=O)O[C@H](C)C(=O)Nc1cccc(C(C)=O)c1)c1ccccc1. The topological polar surface area (TPSA) is 102 Å². The number of amides is 2. The molecule has 2 aromatic rings. The molecule has 0 saturated carbocycles. The van der Waals surface area contributed by atoms with Gasteiger partial charge in [0.15, 0.2) is 11.9 Å². The number of hydrogen-bond donors (Lipinski definition) is 2. The third-order valence-corrected chi connectivity index (χ3v) is 4.16. The molecule has 7 heteroatoms. The monoisotopic (exact) mass is 396 g/mol. The maximum atomic E-state index is 12.3. The van der Waals surface area contributed by atoms with E-state index < -0.39 is 24.0 Å². The van der Waals surface area contributed by atoms with Crippen molar-refractivity contribution in [2.45, 2.75) is 39.3 Å². The molecule has 152 valence electrons. The fourth-order valence-electron chi connectivity index (χ4n) is 2.71. The Morgan fingerprint density at radius 2 is 1.66 bits per heavy atom. The molecular weight excluding hydrogens is 372 g/mol. The number of esters is 1. The average Bonchev–Trinajstić information content (AvgIpc) is 2.67. The van der Waals surface area contributed by atoms with Gasteiger partial charge in [0.25, 0.3) is 5.91 Å². The van der Waals surface area contributed by atoms with Crippen molar-refractivity contribution in [2.75, 3.05) is 5.32 Å². The lowest BCUT2D eigenvalue weighted by Crippen LogP contribution is -2.33. The van der Waals surface area contributed by atoms with Crippen LogP contribution in [0.15, 0.2) is 54.6 Å². The molecular formula is C22H24N2O5. The number of anilines is 1. The molecule has 0 bridgehead atoms. The van der Waals surface area contributed by atoms with Crippen LogP contribution < -0.4 is 10.6 Å². The molecule has 7 nitrogen and oxygen atoms in total. The fraction of sp³-hybridized carbons (Fsp3) is 0.273. The summed E-state index contributed by atoms with van der Waals surface area (Å²) < 4.78 is 5.23. The van der Waals surface area contributed by atoms with Crippen molar-refractivity contribution in [3.8, 4) is 0 Å². The third-order valence-electron chi connectivity index (χ3n) is 4.16. The van der Waals surface area contributed by atoms with Crippen LogP contribution in [0.25, 0.3) is 0 Å². The largest absolute Gasteiger partial charge is 0.452 e. The summed E-state index contributed by atoms with van der Waals surface area (Å²) in [5, 5.41) is 5.34. The van der Waals surface area contributed by atoms with Gasteiger partial charge in [-0.05, 0) is 31.5 Å². The van der Waals surface area contributed by atoms with Crippen LogP contribution in [0, 0.1) is 0 Å². The van der Waals surface area contributed by atoms with E-state index >= 15 is 0 Å². The van der Waals surface area contributed by atoms with Crippen LogP contribution in [-0.4, -0.2) is 29.7 Å². The highest BCUT2D eigenvalue weighted by Crippen LogP contribution is 2.18. The molecule has 0 heterocycles. The lowest BCUT2D eigenvalue weighted by molar-refractivity contribution is -0.153. The van der Waals surface area contributed by atoms with E-state index in [0.29, 0.717) is 11.3 Å². The highest BCUT2D eigenvalue weighted by atomic mass is 16.5. The Hall–Kier alpha value is -3.48. The van der Waals surface area contributed by atoms with Gasteiger partial charge in [0.1, 0.15) is 0 Å². The molecule has 2 atom stereocenters. The summed E-state index contributed by atoms with van der Waals surface area (Å²) in [6, 6.07) is 15.0.